The van der Waals surface area contributed by atoms with Gasteiger partial charge in [0.05, 0.1) is 11.3 Å². The van der Waals surface area contributed by atoms with Crippen LogP contribution in [0, 0.1) is 26.6 Å². The highest BCUT2D eigenvalue weighted by atomic mass is 19.1. The number of hydrogen-bond acceptors (Lipinski definition) is 6. The molecule has 0 amide bonds. The van der Waals surface area contributed by atoms with Crippen molar-refractivity contribution in [2.24, 2.45) is 0 Å². The van der Waals surface area contributed by atoms with Gasteiger partial charge in [0.2, 0.25) is 5.78 Å². The third-order valence-electron chi connectivity index (χ3n) is 5.20. The Morgan fingerprint density at radius 2 is 1.81 bits per heavy atom. The van der Waals surface area contributed by atoms with Gasteiger partial charge in [-0.25, -0.2) is 9.18 Å². The van der Waals surface area contributed by atoms with Gasteiger partial charge in [-0.2, -0.15) is 4.68 Å². The number of hydrogen-bond donors (Lipinski definition) is 0. The fraction of sp³-hybridized carbons (Fsp3) is 0.174. The highest BCUT2D eigenvalue weighted by Crippen LogP contribution is 2.23. The molecule has 2 aromatic carbocycles. The lowest BCUT2D eigenvalue weighted by Crippen LogP contribution is -2.16. The first kappa shape index (κ1) is 21.1. The summed E-state index contributed by atoms with van der Waals surface area (Å²) in [5.41, 5.74) is 3.65. The summed E-state index contributed by atoms with van der Waals surface area (Å²) in [6.45, 7) is 4.85. The van der Waals surface area contributed by atoms with E-state index in [4.69, 9.17) is 4.74 Å². The van der Waals surface area contributed by atoms with Gasteiger partial charge in [0.15, 0.2) is 6.61 Å². The predicted octanol–water partition coefficient (Wildman–Crippen LogP) is 3.56. The maximum absolute atomic E-state index is 14.0. The Labute approximate surface area is 183 Å². The van der Waals surface area contributed by atoms with Crippen LogP contribution in [0.1, 0.15) is 37.7 Å². The van der Waals surface area contributed by atoms with Crippen molar-refractivity contribution in [1.29, 1.82) is 0 Å². The summed E-state index contributed by atoms with van der Waals surface area (Å²) >= 11 is 0. The first-order chi connectivity index (χ1) is 15.4. The number of carbonyl (C=O) groups is 2. The molecule has 0 radical (unpaired) electrons. The van der Waals surface area contributed by atoms with Crippen LogP contribution in [0.15, 0.2) is 54.9 Å². The first-order valence-corrected chi connectivity index (χ1v) is 9.85. The summed E-state index contributed by atoms with van der Waals surface area (Å²) in [5.74, 6) is -1.35. The number of carbonyl (C=O) groups excluding carboxylic acids is 2. The van der Waals surface area contributed by atoms with Crippen LogP contribution in [0.5, 0.6) is 0 Å². The van der Waals surface area contributed by atoms with Crippen molar-refractivity contribution in [3.05, 3.63) is 88.8 Å². The van der Waals surface area contributed by atoms with E-state index >= 15 is 0 Å². The summed E-state index contributed by atoms with van der Waals surface area (Å²) < 4.78 is 22.5. The van der Waals surface area contributed by atoms with E-state index in [0.717, 1.165) is 5.69 Å². The van der Waals surface area contributed by atoms with Gasteiger partial charge in [0.25, 0.3) is 0 Å². The molecule has 0 aliphatic rings. The molecule has 0 saturated carbocycles. The lowest BCUT2D eigenvalue weighted by molar-refractivity contribution is 0.0474. The largest absolute Gasteiger partial charge is 0.454 e. The Hall–Kier alpha value is -4.14. The van der Waals surface area contributed by atoms with Crippen LogP contribution in [0.4, 0.5) is 4.39 Å². The molecule has 162 valence electrons. The SMILES string of the molecule is Cc1ccc(-n2c(C)cc(C(=O)COC(=O)c3ccccc3-n3cnnn3)c2C)cc1F. The van der Waals surface area contributed by atoms with Crippen molar-refractivity contribution in [3.63, 3.8) is 0 Å². The van der Waals surface area contributed by atoms with Gasteiger partial charge in [0.1, 0.15) is 12.1 Å². The number of benzene rings is 2. The first-order valence-electron chi connectivity index (χ1n) is 9.85. The normalized spacial score (nSPS) is 10.9. The number of rotatable bonds is 6. The fourth-order valence-corrected chi connectivity index (χ4v) is 3.57. The van der Waals surface area contributed by atoms with Crippen molar-refractivity contribution in [2.45, 2.75) is 20.8 Å². The van der Waals surface area contributed by atoms with Crippen LogP contribution in [-0.4, -0.2) is 43.1 Å². The van der Waals surface area contributed by atoms with Gasteiger partial charge in [-0.05, 0) is 67.1 Å². The quantitative estimate of drug-likeness (QED) is 0.341. The molecule has 0 bridgehead atoms. The van der Waals surface area contributed by atoms with Gasteiger partial charge in [-0.1, -0.05) is 18.2 Å². The van der Waals surface area contributed by atoms with Crippen LogP contribution < -0.4 is 0 Å². The zero-order chi connectivity index (χ0) is 22.8. The molecule has 8 nitrogen and oxygen atoms in total. The van der Waals surface area contributed by atoms with E-state index in [9.17, 15) is 14.0 Å². The number of nitrogens with zero attached hydrogens (tertiary/aromatic N) is 5. The summed E-state index contributed by atoms with van der Waals surface area (Å²) in [7, 11) is 0. The molecule has 4 aromatic rings. The van der Waals surface area contributed by atoms with Crippen molar-refractivity contribution in [2.75, 3.05) is 6.61 Å². The Bertz CT molecular complexity index is 1310. The number of aromatic nitrogens is 5. The highest BCUT2D eigenvalue weighted by Gasteiger charge is 2.20. The number of aryl methyl sites for hydroxylation is 2. The summed E-state index contributed by atoms with van der Waals surface area (Å²) in [5, 5.41) is 10.9. The lowest BCUT2D eigenvalue weighted by atomic mass is 10.1. The number of tetrazole rings is 1. The number of para-hydroxylation sites is 1. The molecule has 0 spiro atoms. The van der Waals surface area contributed by atoms with E-state index in [0.29, 0.717) is 28.2 Å². The minimum Gasteiger partial charge on any atom is -0.454 e. The predicted molar refractivity (Wildman–Crippen MR) is 114 cm³/mol. The average molecular weight is 433 g/mol. The zero-order valence-corrected chi connectivity index (χ0v) is 17.7. The molecular formula is C23H20FN5O3. The van der Waals surface area contributed by atoms with Gasteiger partial charge in [-0.3, -0.25) is 4.79 Å². The number of halogens is 1. The Balaban J connectivity index is 1.54. The van der Waals surface area contributed by atoms with Crippen molar-refractivity contribution >= 4 is 11.8 Å². The fourth-order valence-electron chi connectivity index (χ4n) is 3.57. The number of Topliss-reactive ketones (excluding diaryl/α,β-unsaturated/α-hetero) is 1. The van der Waals surface area contributed by atoms with E-state index < -0.39 is 12.6 Å². The lowest BCUT2D eigenvalue weighted by Gasteiger charge is -2.11. The maximum Gasteiger partial charge on any atom is 0.340 e. The van der Waals surface area contributed by atoms with Gasteiger partial charge < -0.3 is 9.30 Å². The monoisotopic (exact) mass is 433 g/mol. The van der Waals surface area contributed by atoms with Gasteiger partial charge in [-0.15, -0.1) is 5.10 Å². The molecule has 0 unspecified atom stereocenters. The third-order valence-corrected chi connectivity index (χ3v) is 5.20. The average Bonchev–Trinajstić information content (AvgIpc) is 3.42. The smallest absolute Gasteiger partial charge is 0.340 e. The second-order valence-corrected chi connectivity index (χ2v) is 7.32. The molecule has 0 aliphatic heterocycles. The molecule has 0 atom stereocenters. The minimum absolute atomic E-state index is 0.230. The van der Waals surface area contributed by atoms with E-state index in [1.165, 1.54) is 17.1 Å². The highest BCUT2D eigenvalue weighted by molar-refractivity contribution is 6.01. The Morgan fingerprint density at radius 3 is 2.53 bits per heavy atom. The number of ketones is 1. The molecule has 9 heteroatoms. The van der Waals surface area contributed by atoms with E-state index in [1.807, 2.05) is 6.92 Å². The van der Waals surface area contributed by atoms with Gasteiger partial charge in [0, 0.05) is 22.6 Å². The molecule has 2 heterocycles. The molecule has 2 aromatic heterocycles. The number of ether oxygens (including phenoxy) is 1. The Kier molecular flexibility index (Phi) is 5.63. The summed E-state index contributed by atoms with van der Waals surface area (Å²) in [6, 6.07) is 13.3. The molecule has 0 aliphatic carbocycles. The zero-order valence-electron chi connectivity index (χ0n) is 17.7. The number of esters is 1. The molecule has 32 heavy (non-hydrogen) atoms. The Morgan fingerprint density at radius 1 is 1.03 bits per heavy atom. The van der Waals surface area contributed by atoms with Crippen molar-refractivity contribution in [3.8, 4) is 11.4 Å². The van der Waals surface area contributed by atoms with E-state index in [-0.39, 0.29) is 17.2 Å². The standard InChI is InChI=1S/C23H20FN5O3/c1-14-8-9-17(11-20(14)24)29-15(2)10-19(16(29)3)22(30)12-32-23(31)18-6-4-5-7-21(18)28-13-25-26-27-28/h4-11,13H,12H2,1-3H3. The van der Waals surface area contributed by atoms with E-state index in [1.54, 1.807) is 60.9 Å². The van der Waals surface area contributed by atoms with Crippen LogP contribution in [-0.2, 0) is 4.74 Å². The van der Waals surface area contributed by atoms with Gasteiger partial charge >= 0.3 is 5.97 Å². The van der Waals surface area contributed by atoms with Crippen LogP contribution >= 0.6 is 0 Å². The second-order valence-electron chi connectivity index (χ2n) is 7.32. The van der Waals surface area contributed by atoms with Crippen molar-refractivity contribution < 1.29 is 18.7 Å². The molecule has 0 N–H and O–H groups in total. The topological polar surface area (TPSA) is 91.9 Å². The third kappa shape index (κ3) is 3.92. The van der Waals surface area contributed by atoms with E-state index in [2.05, 4.69) is 15.5 Å². The second kappa shape index (κ2) is 8.54. The molecule has 0 fully saturated rings. The molecule has 4 rings (SSSR count). The minimum atomic E-state index is -0.668. The maximum atomic E-state index is 14.0. The molecular weight excluding hydrogens is 413 g/mol. The summed E-state index contributed by atoms with van der Waals surface area (Å²) in [4.78, 5) is 25.5. The van der Waals surface area contributed by atoms with Crippen LogP contribution in [0.2, 0.25) is 0 Å². The summed E-state index contributed by atoms with van der Waals surface area (Å²) in [6.07, 6.45) is 1.36. The van der Waals surface area contributed by atoms with Crippen LogP contribution in [0.3, 0.4) is 0 Å². The molecule has 0 saturated heterocycles. The van der Waals surface area contributed by atoms with Crippen LogP contribution in [0.25, 0.3) is 11.4 Å². The van der Waals surface area contributed by atoms with Crippen molar-refractivity contribution in [1.82, 2.24) is 24.8 Å².